The molecule has 7 nitrogen and oxygen atoms in total. The maximum Gasteiger partial charge on any atom is 0.418 e. The Labute approximate surface area is 194 Å². The summed E-state index contributed by atoms with van der Waals surface area (Å²) in [7, 11) is 0. The molecule has 34 heavy (non-hydrogen) atoms. The van der Waals surface area contributed by atoms with Crippen LogP contribution in [0.4, 0.5) is 18.9 Å². The number of benzene rings is 2. The lowest BCUT2D eigenvalue weighted by molar-refractivity contribution is -0.137. The highest BCUT2D eigenvalue weighted by Gasteiger charge is 2.35. The van der Waals surface area contributed by atoms with E-state index in [0.29, 0.717) is 43.7 Å². The zero-order valence-corrected chi connectivity index (χ0v) is 18.3. The van der Waals surface area contributed by atoms with Gasteiger partial charge in [-0.25, -0.2) is 4.79 Å². The molecule has 2 aliphatic rings. The van der Waals surface area contributed by atoms with E-state index >= 15 is 0 Å². The minimum atomic E-state index is -4.57. The van der Waals surface area contributed by atoms with Crippen molar-refractivity contribution in [1.82, 2.24) is 9.80 Å². The molecule has 10 heteroatoms. The number of carbonyl (C=O) groups is 3. The van der Waals surface area contributed by atoms with Gasteiger partial charge in [0.1, 0.15) is 6.10 Å². The molecule has 2 aromatic rings. The van der Waals surface area contributed by atoms with Crippen molar-refractivity contribution < 1.29 is 32.3 Å². The summed E-state index contributed by atoms with van der Waals surface area (Å²) in [6, 6.07) is 11.8. The summed E-state index contributed by atoms with van der Waals surface area (Å²) in [6.45, 7) is 1.70. The number of ether oxygens (including phenoxy) is 1. The Kier molecular flexibility index (Phi) is 6.87. The molecule has 1 unspecified atom stereocenters. The fraction of sp³-hybridized carbons (Fsp3) is 0.375. The van der Waals surface area contributed by atoms with Gasteiger partial charge in [0.05, 0.1) is 29.8 Å². The number of nitrogens with one attached hydrogen (secondary N) is 1. The number of cyclic esters (lactones) is 1. The van der Waals surface area contributed by atoms with Gasteiger partial charge >= 0.3 is 12.1 Å². The average Bonchev–Trinajstić information content (AvgIpc) is 2.95. The van der Waals surface area contributed by atoms with E-state index in [1.165, 1.54) is 18.2 Å². The third kappa shape index (κ3) is 5.39. The van der Waals surface area contributed by atoms with Gasteiger partial charge in [0.25, 0.3) is 0 Å². The lowest BCUT2D eigenvalue weighted by Gasteiger charge is -2.23. The number of para-hydroxylation sites is 1. The van der Waals surface area contributed by atoms with Crippen molar-refractivity contribution in [1.29, 1.82) is 0 Å². The lowest BCUT2D eigenvalue weighted by Crippen LogP contribution is -2.38. The van der Waals surface area contributed by atoms with Crippen LogP contribution in [0.25, 0.3) is 0 Å². The second-order valence-corrected chi connectivity index (χ2v) is 8.29. The van der Waals surface area contributed by atoms with Gasteiger partial charge in [-0.05, 0) is 24.6 Å². The SMILES string of the molecule is O=C(CN1CCCN(C(=O)CC2OC(=O)c3ccccc32)CC1)Nc1ccccc1C(F)(F)F. The van der Waals surface area contributed by atoms with Crippen LogP contribution in [0.15, 0.2) is 48.5 Å². The number of anilines is 1. The van der Waals surface area contributed by atoms with Crippen molar-refractivity contribution in [3.63, 3.8) is 0 Å². The fourth-order valence-corrected chi connectivity index (χ4v) is 4.27. The van der Waals surface area contributed by atoms with Gasteiger partial charge in [0, 0.05) is 31.7 Å². The Hall–Kier alpha value is -3.40. The van der Waals surface area contributed by atoms with Crippen molar-refractivity contribution in [2.75, 3.05) is 38.0 Å². The number of esters is 1. The number of amides is 2. The van der Waals surface area contributed by atoms with E-state index in [-0.39, 0.29) is 24.6 Å². The summed E-state index contributed by atoms with van der Waals surface area (Å²) in [4.78, 5) is 40.7. The molecule has 1 atom stereocenters. The third-order valence-corrected chi connectivity index (χ3v) is 5.95. The second kappa shape index (κ2) is 9.84. The van der Waals surface area contributed by atoms with E-state index in [0.717, 1.165) is 6.07 Å². The van der Waals surface area contributed by atoms with Crippen LogP contribution in [0.1, 0.15) is 40.4 Å². The first-order chi connectivity index (χ1) is 16.2. The van der Waals surface area contributed by atoms with Gasteiger partial charge in [0.2, 0.25) is 11.8 Å². The molecule has 2 aromatic carbocycles. The van der Waals surface area contributed by atoms with Crippen molar-refractivity contribution in [2.45, 2.75) is 25.1 Å². The second-order valence-electron chi connectivity index (χ2n) is 8.29. The maximum atomic E-state index is 13.2. The number of alkyl halides is 3. The molecule has 2 amide bonds. The number of nitrogens with zero attached hydrogens (tertiary/aromatic N) is 2. The van der Waals surface area contributed by atoms with Crippen LogP contribution < -0.4 is 5.32 Å². The lowest BCUT2D eigenvalue weighted by atomic mass is 10.0. The highest BCUT2D eigenvalue weighted by molar-refractivity contribution is 5.95. The molecular weight excluding hydrogens is 451 g/mol. The zero-order chi connectivity index (χ0) is 24.3. The first-order valence-electron chi connectivity index (χ1n) is 11.0. The smallest absolute Gasteiger partial charge is 0.418 e. The van der Waals surface area contributed by atoms with E-state index in [2.05, 4.69) is 5.32 Å². The molecule has 0 radical (unpaired) electrons. The maximum absolute atomic E-state index is 13.2. The molecule has 4 rings (SSSR count). The van der Waals surface area contributed by atoms with Crippen LogP contribution in [0.3, 0.4) is 0 Å². The summed E-state index contributed by atoms with van der Waals surface area (Å²) in [5.74, 6) is -1.14. The number of hydrogen-bond acceptors (Lipinski definition) is 5. The minimum Gasteiger partial charge on any atom is -0.453 e. The van der Waals surface area contributed by atoms with Crippen LogP contribution in [-0.2, 0) is 20.5 Å². The van der Waals surface area contributed by atoms with E-state index in [1.807, 2.05) is 4.90 Å². The number of carbonyl (C=O) groups excluding carboxylic acids is 3. The summed E-state index contributed by atoms with van der Waals surface area (Å²) in [5, 5.41) is 2.35. The normalized spacial score (nSPS) is 18.7. The van der Waals surface area contributed by atoms with Gasteiger partial charge in [-0.1, -0.05) is 30.3 Å². The molecule has 0 spiro atoms. The molecule has 0 aliphatic carbocycles. The monoisotopic (exact) mass is 475 g/mol. The van der Waals surface area contributed by atoms with Crippen LogP contribution in [0.2, 0.25) is 0 Å². The molecule has 0 aromatic heterocycles. The predicted molar refractivity (Wildman–Crippen MR) is 117 cm³/mol. The van der Waals surface area contributed by atoms with Crippen molar-refractivity contribution >= 4 is 23.5 Å². The van der Waals surface area contributed by atoms with Crippen LogP contribution >= 0.6 is 0 Å². The highest BCUT2D eigenvalue weighted by atomic mass is 19.4. The van der Waals surface area contributed by atoms with Gasteiger partial charge in [-0.2, -0.15) is 13.2 Å². The quantitative estimate of drug-likeness (QED) is 0.670. The van der Waals surface area contributed by atoms with E-state index in [9.17, 15) is 27.6 Å². The van der Waals surface area contributed by atoms with Gasteiger partial charge in [0.15, 0.2) is 0 Å². The molecule has 180 valence electrons. The Morgan fingerprint density at radius 3 is 2.53 bits per heavy atom. The molecule has 1 N–H and O–H groups in total. The number of hydrogen-bond donors (Lipinski definition) is 1. The van der Waals surface area contributed by atoms with Crippen molar-refractivity contribution in [2.24, 2.45) is 0 Å². The Morgan fingerprint density at radius 2 is 1.74 bits per heavy atom. The van der Waals surface area contributed by atoms with Gasteiger partial charge in [-0.3, -0.25) is 14.5 Å². The van der Waals surface area contributed by atoms with Crippen LogP contribution in [-0.4, -0.2) is 60.3 Å². The van der Waals surface area contributed by atoms with Crippen LogP contribution in [0, 0.1) is 0 Å². The van der Waals surface area contributed by atoms with E-state index in [4.69, 9.17) is 4.74 Å². The van der Waals surface area contributed by atoms with Crippen molar-refractivity contribution in [3.05, 3.63) is 65.2 Å². The van der Waals surface area contributed by atoms with E-state index < -0.39 is 29.7 Å². The molecule has 2 heterocycles. The summed E-state index contributed by atoms with van der Waals surface area (Å²) in [5.41, 5.74) is -0.00301. The summed E-state index contributed by atoms with van der Waals surface area (Å²) < 4.78 is 44.8. The molecule has 0 saturated carbocycles. The molecule has 1 fully saturated rings. The molecule has 2 aliphatic heterocycles. The zero-order valence-electron chi connectivity index (χ0n) is 18.3. The largest absolute Gasteiger partial charge is 0.453 e. The van der Waals surface area contributed by atoms with E-state index in [1.54, 1.807) is 29.2 Å². The van der Waals surface area contributed by atoms with Gasteiger partial charge < -0.3 is 15.0 Å². The average molecular weight is 475 g/mol. The molecule has 1 saturated heterocycles. The number of halogens is 3. The predicted octanol–water partition coefficient (Wildman–Crippen LogP) is 3.48. The van der Waals surface area contributed by atoms with Gasteiger partial charge in [-0.15, -0.1) is 0 Å². The third-order valence-electron chi connectivity index (χ3n) is 5.95. The first-order valence-corrected chi connectivity index (χ1v) is 11.0. The first kappa shape index (κ1) is 23.7. The minimum absolute atomic E-state index is 0.0392. The standard InChI is InChI=1S/C24H24F3N3O4/c25-24(26,27)18-8-3-4-9-19(18)28-21(31)15-29-10-5-11-30(13-12-29)22(32)14-20-16-6-1-2-7-17(16)23(33)34-20/h1-4,6-9,20H,5,10-15H2,(H,28,31). The Balaban J connectivity index is 1.30. The Morgan fingerprint density at radius 1 is 1.00 bits per heavy atom. The molecular formula is C24H24F3N3O4. The fourth-order valence-electron chi connectivity index (χ4n) is 4.27. The topological polar surface area (TPSA) is 79.0 Å². The highest BCUT2D eigenvalue weighted by Crippen LogP contribution is 2.35. The number of rotatable bonds is 5. The summed E-state index contributed by atoms with van der Waals surface area (Å²) >= 11 is 0. The number of fused-ring (bicyclic) bond motifs is 1. The van der Waals surface area contributed by atoms with Crippen molar-refractivity contribution in [3.8, 4) is 0 Å². The summed E-state index contributed by atoms with van der Waals surface area (Å²) in [6.07, 6.45) is -4.53. The Bertz CT molecular complexity index is 1090. The molecule has 0 bridgehead atoms. The van der Waals surface area contributed by atoms with Crippen LogP contribution in [0.5, 0.6) is 0 Å².